The molecule has 4 N–H and O–H groups in total. The first-order valence-corrected chi connectivity index (χ1v) is 12.4. The van der Waals surface area contributed by atoms with E-state index in [-0.39, 0.29) is 16.2 Å². The fourth-order valence-electron chi connectivity index (χ4n) is 3.68. The van der Waals surface area contributed by atoms with Crippen molar-refractivity contribution in [3.63, 3.8) is 0 Å². The first-order valence-electron chi connectivity index (χ1n) is 10.9. The summed E-state index contributed by atoms with van der Waals surface area (Å²) < 4.78 is 33.3. The lowest BCUT2D eigenvalue weighted by molar-refractivity contribution is -0.501. The Morgan fingerprint density at radius 3 is 2.47 bits per heavy atom. The van der Waals surface area contributed by atoms with Crippen LogP contribution < -0.4 is 20.5 Å². The van der Waals surface area contributed by atoms with E-state index in [9.17, 15) is 13.2 Å². The van der Waals surface area contributed by atoms with E-state index in [1.165, 1.54) is 6.07 Å². The Balaban J connectivity index is 2.16. The van der Waals surface area contributed by atoms with Crippen molar-refractivity contribution in [2.45, 2.75) is 37.5 Å². The Labute approximate surface area is 189 Å². The van der Waals surface area contributed by atoms with E-state index in [2.05, 4.69) is 17.7 Å². The third-order valence-electron chi connectivity index (χ3n) is 5.41. The molecule has 2 aromatic carbocycles. The van der Waals surface area contributed by atoms with Crippen molar-refractivity contribution in [2.24, 2.45) is 10.9 Å². The van der Waals surface area contributed by atoms with Gasteiger partial charge in [-0.3, -0.25) is 4.79 Å². The molecule has 0 unspecified atom stereocenters. The normalized spacial score (nSPS) is 13.8. The molecule has 3 rings (SSSR count). The van der Waals surface area contributed by atoms with Gasteiger partial charge in [0.05, 0.1) is 12.2 Å². The van der Waals surface area contributed by atoms with Gasteiger partial charge in [0.25, 0.3) is 0 Å². The quantitative estimate of drug-likeness (QED) is 0.530. The summed E-state index contributed by atoms with van der Waals surface area (Å²) in [5.74, 6) is -0.180. The van der Waals surface area contributed by atoms with Crippen molar-refractivity contribution in [2.75, 3.05) is 31.1 Å². The van der Waals surface area contributed by atoms with Gasteiger partial charge in [-0.25, -0.2) is 18.1 Å². The van der Waals surface area contributed by atoms with Crippen LogP contribution >= 0.6 is 0 Å². The zero-order valence-corrected chi connectivity index (χ0v) is 19.2. The first-order chi connectivity index (χ1) is 15.3. The highest BCUT2D eigenvalue weighted by molar-refractivity contribution is 7.89. The lowest BCUT2D eigenvalue weighted by Gasteiger charge is -2.26. The number of hydrogen-bond acceptors (Lipinski definition) is 5. The molecule has 0 aliphatic carbocycles. The number of benzene rings is 2. The molecule has 0 aromatic heterocycles. The zero-order chi connectivity index (χ0) is 23.1. The molecule has 9 heteroatoms. The maximum Gasteiger partial charge on any atom is 0.248 e. The number of carbonyl (C=O) groups is 1. The number of rotatable bonds is 10. The number of carbonyl (C=O) groups excluding carboxylic acids is 1. The second-order valence-corrected chi connectivity index (χ2v) is 9.40. The maximum absolute atomic E-state index is 12.5. The van der Waals surface area contributed by atoms with E-state index in [1.54, 1.807) is 30.3 Å². The Morgan fingerprint density at radius 1 is 1.19 bits per heavy atom. The third-order valence-corrected chi connectivity index (χ3v) is 6.33. The van der Waals surface area contributed by atoms with E-state index in [0.717, 1.165) is 38.8 Å². The van der Waals surface area contributed by atoms with E-state index in [0.29, 0.717) is 24.5 Å². The van der Waals surface area contributed by atoms with Gasteiger partial charge in [0, 0.05) is 24.9 Å². The van der Waals surface area contributed by atoms with Crippen molar-refractivity contribution < 1.29 is 22.5 Å². The molecule has 0 radical (unpaired) electrons. The summed E-state index contributed by atoms with van der Waals surface area (Å²) >= 11 is 0. The number of unbranched alkanes of at least 4 members (excludes halogenated alkanes) is 1. The van der Waals surface area contributed by atoms with Gasteiger partial charge in [-0.2, -0.15) is 0 Å². The molecule has 2 aromatic rings. The van der Waals surface area contributed by atoms with E-state index >= 15 is 0 Å². The highest BCUT2D eigenvalue weighted by Crippen LogP contribution is 2.39. The fraction of sp³-hybridized carbons (Fsp3) is 0.391. The molecule has 0 bridgehead atoms. The number of para-hydroxylation sites is 1. The fourth-order valence-corrected chi connectivity index (χ4v) is 4.38. The van der Waals surface area contributed by atoms with Crippen LogP contribution in [0.15, 0.2) is 47.4 Å². The summed E-state index contributed by atoms with van der Waals surface area (Å²) in [6.45, 7) is 5.27. The van der Waals surface area contributed by atoms with Crippen LogP contribution in [0.2, 0.25) is 0 Å². The van der Waals surface area contributed by atoms with Crippen LogP contribution in [0.1, 0.15) is 43.0 Å². The van der Waals surface area contributed by atoms with Gasteiger partial charge in [0.15, 0.2) is 12.0 Å². The van der Waals surface area contributed by atoms with Crippen LogP contribution in [0.3, 0.4) is 0 Å². The third kappa shape index (κ3) is 6.08. The summed E-state index contributed by atoms with van der Waals surface area (Å²) in [7, 11) is -4.20. The van der Waals surface area contributed by atoms with Crippen LogP contribution in [-0.4, -0.2) is 51.3 Å². The van der Waals surface area contributed by atoms with Gasteiger partial charge in [-0.05, 0) is 30.7 Å². The first kappa shape index (κ1) is 23.7. The van der Waals surface area contributed by atoms with Gasteiger partial charge in [-0.15, -0.1) is 0 Å². The highest BCUT2D eigenvalue weighted by Gasteiger charge is 2.26. The molecule has 1 amide bonds. The van der Waals surface area contributed by atoms with Crippen molar-refractivity contribution in [1.82, 2.24) is 0 Å². The molecule has 32 heavy (non-hydrogen) atoms. The number of sulfonamides is 1. The number of primary amides is 1. The Morgan fingerprint density at radius 2 is 1.88 bits per heavy atom. The standard InChI is InChI=1S/C23H30N4O4S/c1-2-3-13-27(15-14-26-11-7-8-12-26)20-16-18(23(24)28)17-21(32(25,29)30)22(20)31-19-9-5-4-6-10-19/h4-6,9-10,14,16-17H,2-3,7-8,11-13,15H2,1H3,(H3-,24,25,28,29,30)/p+1. The number of nitrogens with zero attached hydrogens (tertiary/aromatic N) is 2. The smallest absolute Gasteiger partial charge is 0.248 e. The largest absolute Gasteiger partial charge is 0.454 e. The Hall–Kier alpha value is -2.91. The predicted octanol–water partition coefficient (Wildman–Crippen LogP) is 2.71. The zero-order valence-electron chi connectivity index (χ0n) is 18.4. The number of primary sulfonamides is 1. The van der Waals surface area contributed by atoms with Crippen molar-refractivity contribution in [1.29, 1.82) is 0 Å². The number of ether oxygens (including phenoxy) is 1. The van der Waals surface area contributed by atoms with Crippen molar-refractivity contribution >= 4 is 27.8 Å². The van der Waals surface area contributed by atoms with E-state index in [4.69, 9.17) is 15.6 Å². The molecule has 172 valence electrons. The van der Waals surface area contributed by atoms with Crippen LogP contribution in [-0.2, 0) is 10.0 Å². The molecule has 1 aliphatic rings. The second-order valence-electron chi connectivity index (χ2n) is 7.87. The molecular weight excluding hydrogens is 428 g/mol. The number of nitrogens with two attached hydrogens (primary N) is 2. The molecular formula is C23H31N4O4S+. The average Bonchev–Trinajstić information content (AvgIpc) is 3.27. The molecule has 0 spiro atoms. The minimum Gasteiger partial charge on any atom is -0.454 e. The van der Waals surface area contributed by atoms with E-state index < -0.39 is 15.9 Å². The van der Waals surface area contributed by atoms with Crippen LogP contribution in [0.4, 0.5) is 5.69 Å². The average molecular weight is 460 g/mol. The monoisotopic (exact) mass is 459 g/mol. The summed E-state index contributed by atoms with van der Waals surface area (Å²) in [4.78, 5) is 13.8. The van der Waals surface area contributed by atoms with Crippen molar-refractivity contribution in [3.8, 4) is 11.5 Å². The minimum absolute atomic E-state index is 0.0621. The number of anilines is 1. The van der Waals surface area contributed by atoms with Gasteiger partial charge in [-0.1, -0.05) is 31.5 Å². The summed E-state index contributed by atoms with van der Waals surface area (Å²) in [6, 6.07) is 11.6. The van der Waals surface area contributed by atoms with Crippen LogP contribution in [0.25, 0.3) is 0 Å². The Kier molecular flexibility index (Phi) is 7.87. The maximum atomic E-state index is 12.5. The van der Waals surface area contributed by atoms with Gasteiger partial charge < -0.3 is 15.4 Å². The van der Waals surface area contributed by atoms with Crippen LogP contribution in [0, 0.1) is 0 Å². The molecule has 1 fully saturated rings. The van der Waals surface area contributed by atoms with Gasteiger partial charge >= 0.3 is 0 Å². The number of hydrogen-bond donors (Lipinski definition) is 2. The molecule has 8 nitrogen and oxygen atoms in total. The number of amides is 1. The lowest BCUT2D eigenvalue weighted by atomic mass is 10.1. The van der Waals surface area contributed by atoms with Gasteiger partial charge in [0.1, 0.15) is 23.7 Å². The van der Waals surface area contributed by atoms with Crippen molar-refractivity contribution in [3.05, 3.63) is 48.0 Å². The molecule has 1 saturated heterocycles. The summed E-state index contributed by atoms with van der Waals surface area (Å²) in [5, 5.41) is 5.53. The van der Waals surface area contributed by atoms with Crippen LogP contribution in [0.5, 0.6) is 11.5 Å². The molecule has 1 aliphatic heterocycles. The summed E-state index contributed by atoms with van der Waals surface area (Å²) in [6.07, 6.45) is 6.25. The molecule has 1 heterocycles. The predicted molar refractivity (Wildman–Crippen MR) is 125 cm³/mol. The topological polar surface area (TPSA) is 119 Å². The second kappa shape index (κ2) is 10.6. The lowest BCUT2D eigenvalue weighted by Crippen LogP contribution is -2.30. The highest BCUT2D eigenvalue weighted by atomic mass is 32.2. The minimum atomic E-state index is -4.20. The molecule has 0 atom stereocenters. The molecule has 0 saturated carbocycles. The van der Waals surface area contributed by atoms with E-state index in [1.807, 2.05) is 11.0 Å². The SMILES string of the molecule is CCCCN(CC=[N+]1CCCC1)c1cc(C(N)=O)cc(S(N)(=O)=O)c1Oc1ccccc1. The Bertz CT molecular complexity index is 1080. The van der Waals surface area contributed by atoms with Gasteiger partial charge in [0.2, 0.25) is 15.9 Å². The summed E-state index contributed by atoms with van der Waals surface area (Å²) in [5.41, 5.74) is 6.05.